The van der Waals surface area contributed by atoms with Gasteiger partial charge in [0.2, 0.25) is 5.91 Å². The molecule has 2 aliphatic heterocycles. The number of hydrogen-bond acceptors (Lipinski definition) is 4. The smallest absolute Gasteiger partial charge is 0.256 e. The minimum absolute atomic E-state index is 0.0231. The van der Waals surface area contributed by atoms with Gasteiger partial charge < -0.3 is 14.5 Å². The maximum absolute atomic E-state index is 13.1. The van der Waals surface area contributed by atoms with Crippen LogP contribution in [0, 0.1) is 0 Å². The van der Waals surface area contributed by atoms with Crippen LogP contribution in [0.1, 0.15) is 20.3 Å². The molecule has 0 unspecified atom stereocenters. The van der Waals surface area contributed by atoms with Crippen LogP contribution >= 0.6 is 12.2 Å². The van der Waals surface area contributed by atoms with E-state index >= 15 is 0 Å². The molecule has 1 aromatic rings. The summed E-state index contributed by atoms with van der Waals surface area (Å²) in [5.74, 6) is -0.156. The lowest BCUT2D eigenvalue weighted by Gasteiger charge is -2.31. The van der Waals surface area contributed by atoms with E-state index in [0.29, 0.717) is 31.4 Å². The number of thiocarbonyl (C=S) groups is 1. The first-order chi connectivity index (χ1) is 12.0. The molecule has 7 heteroatoms. The second-order valence-electron chi connectivity index (χ2n) is 6.51. The molecule has 2 fully saturated rings. The number of anilines is 1. The third-order valence-electron chi connectivity index (χ3n) is 4.56. The van der Waals surface area contributed by atoms with E-state index in [9.17, 15) is 9.59 Å². The first-order valence-corrected chi connectivity index (χ1v) is 8.98. The molecule has 0 spiro atoms. The lowest BCUT2D eigenvalue weighted by molar-refractivity contribution is -0.138. The predicted molar refractivity (Wildman–Crippen MR) is 99.3 cm³/mol. The molecule has 0 bridgehead atoms. The second-order valence-corrected chi connectivity index (χ2v) is 6.87. The zero-order valence-electron chi connectivity index (χ0n) is 14.6. The van der Waals surface area contributed by atoms with Gasteiger partial charge in [0, 0.05) is 19.1 Å². The molecule has 0 aliphatic carbocycles. The number of nitrogens with zero attached hydrogens (tertiary/aromatic N) is 3. The molecule has 0 saturated carbocycles. The summed E-state index contributed by atoms with van der Waals surface area (Å²) in [5.41, 5.74) is 0.740. The van der Waals surface area contributed by atoms with Crippen molar-refractivity contribution in [2.24, 2.45) is 0 Å². The highest BCUT2D eigenvalue weighted by Gasteiger charge is 2.45. The molecular formula is C18H23N3O3S. The van der Waals surface area contributed by atoms with Crippen molar-refractivity contribution in [2.45, 2.75) is 32.4 Å². The fourth-order valence-corrected chi connectivity index (χ4v) is 3.83. The highest BCUT2D eigenvalue weighted by Crippen LogP contribution is 2.29. The third kappa shape index (κ3) is 3.52. The molecule has 6 nitrogen and oxygen atoms in total. The van der Waals surface area contributed by atoms with Crippen LogP contribution in [0.4, 0.5) is 5.69 Å². The SMILES string of the molecule is CC(C)N1C(=S)N(c2ccccc2)C(=O)[C@@H]1CC(=O)N1CCOCC1. The van der Waals surface area contributed by atoms with Crippen molar-refractivity contribution in [3.05, 3.63) is 30.3 Å². The van der Waals surface area contributed by atoms with Gasteiger partial charge in [0.25, 0.3) is 5.91 Å². The van der Waals surface area contributed by atoms with Gasteiger partial charge in [-0.2, -0.15) is 0 Å². The highest BCUT2D eigenvalue weighted by atomic mass is 32.1. The Morgan fingerprint density at radius 1 is 1.24 bits per heavy atom. The van der Waals surface area contributed by atoms with Crippen molar-refractivity contribution >= 4 is 34.8 Å². The number of amides is 2. The zero-order valence-corrected chi connectivity index (χ0v) is 15.4. The second kappa shape index (κ2) is 7.49. The van der Waals surface area contributed by atoms with Crippen LogP contribution < -0.4 is 4.90 Å². The van der Waals surface area contributed by atoms with Crippen molar-refractivity contribution < 1.29 is 14.3 Å². The van der Waals surface area contributed by atoms with E-state index in [1.807, 2.05) is 49.1 Å². The molecule has 0 N–H and O–H groups in total. The van der Waals surface area contributed by atoms with E-state index in [1.54, 1.807) is 9.80 Å². The predicted octanol–water partition coefficient (Wildman–Crippen LogP) is 1.65. The number of para-hydroxylation sites is 1. The van der Waals surface area contributed by atoms with Gasteiger partial charge >= 0.3 is 0 Å². The fourth-order valence-electron chi connectivity index (χ4n) is 3.30. The van der Waals surface area contributed by atoms with Gasteiger partial charge in [0.15, 0.2) is 5.11 Å². The first kappa shape index (κ1) is 17.8. The summed E-state index contributed by atoms with van der Waals surface area (Å²) < 4.78 is 5.29. The molecule has 25 heavy (non-hydrogen) atoms. The summed E-state index contributed by atoms with van der Waals surface area (Å²) in [6.07, 6.45) is 0.139. The summed E-state index contributed by atoms with van der Waals surface area (Å²) in [5, 5.41) is 0.464. The van der Waals surface area contributed by atoms with Gasteiger partial charge in [0.1, 0.15) is 6.04 Å². The monoisotopic (exact) mass is 361 g/mol. The lowest BCUT2D eigenvalue weighted by Crippen LogP contribution is -2.46. The number of benzene rings is 1. The Morgan fingerprint density at radius 3 is 2.48 bits per heavy atom. The summed E-state index contributed by atoms with van der Waals surface area (Å²) in [7, 11) is 0. The van der Waals surface area contributed by atoms with E-state index in [-0.39, 0.29) is 24.3 Å². The number of hydrogen-bond donors (Lipinski definition) is 0. The van der Waals surface area contributed by atoms with E-state index in [1.165, 1.54) is 0 Å². The fraction of sp³-hybridized carbons (Fsp3) is 0.500. The number of carbonyl (C=O) groups excluding carboxylic acids is 2. The topological polar surface area (TPSA) is 53.1 Å². The summed E-state index contributed by atoms with van der Waals surface area (Å²) in [6.45, 7) is 6.22. The van der Waals surface area contributed by atoms with E-state index < -0.39 is 6.04 Å². The van der Waals surface area contributed by atoms with Crippen molar-refractivity contribution in [1.29, 1.82) is 0 Å². The molecule has 2 heterocycles. The quantitative estimate of drug-likeness (QED) is 0.764. The molecule has 1 atom stereocenters. The lowest BCUT2D eigenvalue weighted by atomic mass is 10.1. The Kier molecular flexibility index (Phi) is 5.34. The van der Waals surface area contributed by atoms with Crippen LogP contribution in [-0.4, -0.2) is 65.1 Å². The van der Waals surface area contributed by atoms with Gasteiger partial charge in [0.05, 0.1) is 25.3 Å². The number of morpholine rings is 1. The molecule has 134 valence electrons. The average molecular weight is 361 g/mol. The first-order valence-electron chi connectivity index (χ1n) is 8.57. The average Bonchev–Trinajstić information content (AvgIpc) is 2.86. The third-order valence-corrected chi connectivity index (χ3v) is 4.95. The van der Waals surface area contributed by atoms with Gasteiger partial charge in [-0.3, -0.25) is 14.5 Å². The summed E-state index contributed by atoms with van der Waals surface area (Å²) in [4.78, 5) is 30.9. The van der Waals surface area contributed by atoms with Crippen LogP contribution in [0.3, 0.4) is 0 Å². The molecular weight excluding hydrogens is 338 g/mol. The van der Waals surface area contributed by atoms with Crippen molar-refractivity contribution in [3.8, 4) is 0 Å². The number of ether oxygens (including phenoxy) is 1. The van der Waals surface area contributed by atoms with Crippen molar-refractivity contribution in [1.82, 2.24) is 9.80 Å². The van der Waals surface area contributed by atoms with Crippen molar-refractivity contribution in [2.75, 3.05) is 31.2 Å². The molecule has 0 aromatic heterocycles. The minimum Gasteiger partial charge on any atom is -0.378 e. The van der Waals surface area contributed by atoms with Gasteiger partial charge in [-0.15, -0.1) is 0 Å². The van der Waals surface area contributed by atoms with E-state index in [0.717, 1.165) is 5.69 Å². The molecule has 1 aromatic carbocycles. The molecule has 0 radical (unpaired) electrons. The van der Waals surface area contributed by atoms with Crippen molar-refractivity contribution in [3.63, 3.8) is 0 Å². The minimum atomic E-state index is -0.553. The van der Waals surface area contributed by atoms with Crippen LogP contribution in [0.2, 0.25) is 0 Å². The Bertz CT molecular complexity index is 659. The van der Waals surface area contributed by atoms with Crippen LogP contribution in [0.25, 0.3) is 0 Å². The molecule has 2 amide bonds. The van der Waals surface area contributed by atoms with Gasteiger partial charge in [-0.1, -0.05) is 18.2 Å². The normalized spacial score (nSPS) is 21.4. The van der Waals surface area contributed by atoms with Gasteiger partial charge in [-0.05, 0) is 38.2 Å². The Morgan fingerprint density at radius 2 is 1.88 bits per heavy atom. The molecule has 3 rings (SSSR count). The molecule has 2 aliphatic rings. The number of rotatable bonds is 4. The van der Waals surface area contributed by atoms with E-state index in [2.05, 4.69) is 0 Å². The maximum Gasteiger partial charge on any atom is 0.256 e. The Balaban J connectivity index is 1.82. The van der Waals surface area contributed by atoms with Crippen LogP contribution in [-0.2, 0) is 14.3 Å². The zero-order chi connectivity index (χ0) is 18.0. The maximum atomic E-state index is 13.1. The highest BCUT2D eigenvalue weighted by molar-refractivity contribution is 7.80. The summed E-state index contributed by atoms with van der Waals surface area (Å²) >= 11 is 5.57. The largest absolute Gasteiger partial charge is 0.378 e. The standard InChI is InChI=1S/C18H23N3O3S/c1-13(2)20-15(12-16(22)19-8-10-24-11-9-19)17(23)21(18(20)25)14-6-4-3-5-7-14/h3-7,13,15H,8-12H2,1-2H3/t15-/m0/s1. The van der Waals surface area contributed by atoms with E-state index in [4.69, 9.17) is 17.0 Å². The Hall–Kier alpha value is -1.99. The number of carbonyl (C=O) groups is 2. The van der Waals surface area contributed by atoms with Gasteiger partial charge in [-0.25, -0.2) is 0 Å². The molecule has 2 saturated heterocycles. The Labute approximate surface area is 153 Å². The van der Waals surface area contributed by atoms with Crippen LogP contribution in [0.5, 0.6) is 0 Å². The van der Waals surface area contributed by atoms with Crippen LogP contribution in [0.15, 0.2) is 30.3 Å². The summed E-state index contributed by atoms with van der Waals surface area (Å²) in [6, 6.07) is 8.83.